The van der Waals surface area contributed by atoms with Gasteiger partial charge in [0.25, 0.3) is 0 Å². The summed E-state index contributed by atoms with van der Waals surface area (Å²) in [7, 11) is -3.46. The van der Waals surface area contributed by atoms with Crippen molar-refractivity contribution in [2.24, 2.45) is 0 Å². The van der Waals surface area contributed by atoms with E-state index in [2.05, 4.69) is 13.8 Å². The second kappa shape index (κ2) is 8.30. The Hall–Kier alpha value is -1.61. The first kappa shape index (κ1) is 17.7. The largest absolute Gasteiger partial charge is 0.218 e. The molecule has 0 saturated heterocycles. The molecule has 3 heteroatoms. The molecule has 2 rings (SSSR count). The molecule has 0 aliphatic heterocycles. The van der Waals surface area contributed by atoms with E-state index in [1.54, 1.807) is 12.1 Å². The molecular weight excluding hydrogens is 304 g/mol. The minimum atomic E-state index is -3.46. The summed E-state index contributed by atoms with van der Waals surface area (Å²) in [5.41, 5.74) is 1.86. The maximum atomic E-state index is 13.2. The number of unbranched alkanes of at least 4 members (excludes halogenated alkanes) is 2. The smallest absolute Gasteiger partial charge is 0.207 e. The number of benzene rings is 2. The van der Waals surface area contributed by atoms with E-state index in [-0.39, 0.29) is 0 Å². The van der Waals surface area contributed by atoms with E-state index in [0.717, 1.165) is 49.7 Å². The third-order valence-corrected chi connectivity index (χ3v) is 6.08. The van der Waals surface area contributed by atoms with Crippen molar-refractivity contribution in [3.8, 4) is 0 Å². The molecule has 124 valence electrons. The minimum absolute atomic E-state index is 0.470. The van der Waals surface area contributed by atoms with Crippen LogP contribution in [0.15, 0.2) is 58.3 Å². The fourth-order valence-corrected chi connectivity index (χ4v) is 4.58. The van der Waals surface area contributed by atoms with E-state index >= 15 is 0 Å². The summed E-state index contributed by atoms with van der Waals surface area (Å²) in [6.07, 6.45) is 5.74. The summed E-state index contributed by atoms with van der Waals surface area (Å²) in [5, 5.41) is 0. The van der Waals surface area contributed by atoms with Crippen LogP contribution < -0.4 is 0 Å². The van der Waals surface area contributed by atoms with Crippen LogP contribution in [0.5, 0.6) is 0 Å². The van der Waals surface area contributed by atoms with E-state index in [1.807, 2.05) is 36.4 Å². The molecule has 0 heterocycles. The van der Waals surface area contributed by atoms with Crippen LogP contribution in [0.25, 0.3) is 0 Å². The molecule has 0 N–H and O–H groups in total. The lowest BCUT2D eigenvalue weighted by molar-refractivity contribution is 0.592. The molecule has 0 aliphatic rings. The van der Waals surface area contributed by atoms with Gasteiger partial charge in [0.05, 0.1) is 9.79 Å². The van der Waals surface area contributed by atoms with Crippen LogP contribution in [-0.4, -0.2) is 8.42 Å². The molecule has 0 amide bonds. The zero-order valence-corrected chi connectivity index (χ0v) is 14.9. The predicted molar refractivity (Wildman–Crippen MR) is 95.6 cm³/mol. The molecule has 0 radical (unpaired) electrons. The van der Waals surface area contributed by atoms with E-state index in [9.17, 15) is 8.42 Å². The van der Waals surface area contributed by atoms with Gasteiger partial charge in [-0.25, -0.2) is 8.42 Å². The highest BCUT2D eigenvalue weighted by atomic mass is 32.2. The highest BCUT2D eigenvalue weighted by Gasteiger charge is 2.23. The van der Waals surface area contributed by atoms with Crippen LogP contribution in [0.1, 0.15) is 50.7 Å². The number of sulfone groups is 1. The molecule has 0 spiro atoms. The average molecular weight is 330 g/mol. The second-order valence-corrected chi connectivity index (χ2v) is 7.81. The number of rotatable bonds is 8. The Morgan fingerprint density at radius 2 is 1.09 bits per heavy atom. The van der Waals surface area contributed by atoms with E-state index in [1.165, 1.54) is 0 Å². The van der Waals surface area contributed by atoms with Crippen molar-refractivity contribution in [1.29, 1.82) is 0 Å². The fraction of sp³-hybridized carbons (Fsp3) is 0.400. The normalized spacial score (nSPS) is 11.6. The Morgan fingerprint density at radius 3 is 1.48 bits per heavy atom. The molecule has 0 aliphatic carbocycles. The van der Waals surface area contributed by atoms with Gasteiger partial charge in [0.15, 0.2) is 0 Å². The van der Waals surface area contributed by atoms with Gasteiger partial charge in [0.2, 0.25) is 9.84 Å². The third kappa shape index (κ3) is 4.23. The first-order valence-electron chi connectivity index (χ1n) is 8.52. The van der Waals surface area contributed by atoms with E-state index < -0.39 is 9.84 Å². The third-order valence-electron chi connectivity index (χ3n) is 4.12. The molecule has 23 heavy (non-hydrogen) atoms. The van der Waals surface area contributed by atoms with E-state index in [0.29, 0.717) is 9.79 Å². The molecule has 0 saturated carbocycles. The first-order chi connectivity index (χ1) is 11.1. The number of aryl methyl sites for hydroxylation is 2. The van der Waals surface area contributed by atoms with Gasteiger partial charge in [0.1, 0.15) is 0 Å². The van der Waals surface area contributed by atoms with Gasteiger partial charge in [-0.3, -0.25) is 0 Å². The van der Waals surface area contributed by atoms with Crippen LogP contribution in [0.2, 0.25) is 0 Å². The Morgan fingerprint density at radius 1 is 0.696 bits per heavy atom. The number of hydrogen-bond acceptors (Lipinski definition) is 2. The SMILES string of the molecule is CCCCc1ccccc1S(=O)(=O)c1ccccc1CCCC. The Labute approximate surface area is 140 Å². The molecule has 0 atom stereocenters. The average Bonchev–Trinajstić information content (AvgIpc) is 2.58. The maximum absolute atomic E-state index is 13.2. The topological polar surface area (TPSA) is 34.1 Å². The van der Waals surface area contributed by atoms with Crippen molar-refractivity contribution in [2.45, 2.75) is 62.2 Å². The standard InChI is InChI=1S/C20H26O2S/c1-3-5-11-17-13-7-9-15-19(17)23(21,22)20-16-10-8-14-18(20)12-6-4-2/h7-10,13-16H,3-6,11-12H2,1-2H3. The Kier molecular flexibility index (Phi) is 6.40. The van der Waals surface area contributed by atoms with Crippen molar-refractivity contribution in [3.05, 3.63) is 59.7 Å². The van der Waals surface area contributed by atoms with Gasteiger partial charge >= 0.3 is 0 Å². The lowest BCUT2D eigenvalue weighted by Gasteiger charge is -2.13. The summed E-state index contributed by atoms with van der Waals surface area (Å²) >= 11 is 0. The van der Waals surface area contributed by atoms with Gasteiger partial charge in [-0.1, -0.05) is 63.1 Å². The van der Waals surface area contributed by atoms with Gasteiger partial charge in [-0.2, -0.15) is 0 Å². The fourth-order valence-electron chi connectivity index (χ4n) is 2.80. The van der Waals surface area contributed by atoms with Crippen molar-refractivity contribution in [1.82, 2.24) is 0 Å². The molecule has 0 unspecified atom stereocenters. The predicted octanol–water partition coefficient (Wildman–Crippen LogP) is 5.20. The zero-order valence-electron chi connectivity index (χ0n) is 14.1. The molecule has 2 nitrogen and oxygen atoms in total. The van der Waals surface area contributed by atoms with Gasteiger partial charge < -0.3 is 0 Å². The van der Waals surface area contributed by atoms with Crippen molar-refractivity contribution >= 4 is 9.84 Å². The van der Waals surface area contributed by atoms with Crippen LogP contribution in [-0.2, 0) is 22.7 Å². The quantitative estimate of drug-likeness (QED) is 0.666. The van der Waals surface area contributed by atoms with Crippen LogP contribution in [0.4, 0.5) is 0 Å². The van der Waals surface area contributed by atoms with Gasteiger partial charge in [-0.15, -0.1) is 0 Å². The van der Waals surface area contributed by atoms with Crippen molar-refractivity contribution in [2.75, 3.05) is 0 Å². The van der Waals surface area contributed by atoms with Crippen LogP contribution in [0.3, 0.4) is 0 Å². The maximum Gasteiger partial charge on any atom is 0.207 e. The molecule has 0 bridgehead atoms. The van der Waals surface area contributed by atoms with Crippen LogP contribution in [0, 0.1) is 0 Å². The molecule has 0 fully saturated rings. The number of hydrogen-bond donors (Lipinski definition) is 0. The van der Waals surface area contributed by atoms with Crippen molar-refractivity contribution < 1.29 is 8.42 Å². The van der Waals surface area contributed by atoms with Gasteiger partial charge in [-0.05, 0) is 48.9 Å². The van der Waals surface area contributed by atoms with E-state index in [4.69, 9.17) is 0 Å². The molecule has 0 aromatic heterocycles. The molecule has 2 aromatic rings. The second-order valence-electron chi connectivity index (χ2n) is 5.93. The minimum Gasteiger partial charge on any atom is -0.218 e. The van der Waals surface area contributed by atoms with Crippen molar-refractivity contribution in [3.63, 3.8) is 0 Å². The van der Waals surface area contributed by atoms with Crippen LogP contribution >= 0.6 is 0 Å². The van der Waals surface area contributed by atoms with Gasteiger partial charge in [0, 0.05) is 0 Å². The zero-order chi connectivity index (χ0) is 16.7. The summed E-state index contributed by atoms with van der Waals surface area (Å²) in [6, 6.07) is 14.9. The molecular formula is C20H26O2S. The summed E-state index contributed by atoms with van der Waals surface area (Å²) in [6.45, 7) is 4.24. The molecule has 2 aromatic carbocycles. The Balaban J connectivity index is 2.47. The summed E-state index contributed by atoms with van der Waals surface area (Å²) in [4.78, 5) is 0.940. The lowest BCUT2D eigenvalue weighted by Crippen LogP contribution is -2.08. The summed E-state index contributed by atoms with van der Waals surface area (Å²) < 4.78 is 26.4. The highest BCUT2D eigenvalue weighted by Crippen LogP contribution is 2.28. The summed E-state index contributed by atoms with van der Waals surface area (Å²) in [5.74, 6) is 0. The monoisotopic (exact) mass is 330 g/mol. The lowest BCUT2D eigenvalue weighted by atomic mass is 10.1. The first-order valence-corrected chi connectivity index (χ1v) is 10.0. The highest BCUT2D eigenvalue weighted by molar-refractivity contribution is 7.91. The Bertz CT molecular complexity index is 675.